The first-order valence-corrected chi connectivity index (χ1v) is 11.0. The van der Waals surface area contributed by atoms with Crippen molar-refractivity contribution >= 4 is 0 Å². The van der Waals surface area contributed by atoms with E-state index in [9.17, 15) is 0 Å². The lowest BCUT2D eigenvalue weighted by molar-refractivity contribution is 0.504. The molecule has 3 saturated carbocycles. The lowest BCUT2D eigenvalue weighted by Gasteiger charge is -2.05. The van der Waals surface area contributed by atoms with Crippen molar-refractivity contribution in [2.24, 2.45) is 0 Å². The smallest absolute Gasteiger partial charge is 0.0533 e. The van der Waals surface area contributed by atoms with Crippen molar-refractivity contribution in [3.8, 4) is 0 Å². The quantitative estimate of drug-likeness (QED) is 0.415. The van der Waals surface area contributed by atoms with E-state index < -0.39 is 0 Å². The SMILES string of the molecule is C.C1CCCCC1.C1CCCCC1.C1CCCCC1.CC.CC. The van der Waals surface area contributed by atoms with Gasteiger partial charge in [-0.2, -0.15) is 0 Å². The maximum Gasteiger partial charge on any atom is -0.0533 e. The van der Waals surface area contributed by atoms with E-state index in [1.807, 2.05) is 27.7 Å². The molecule has 0 nitrogen and oxygen atoms in total. The molecule has 144 valence electrons. The van der Waals surface area contributed by atoms with Crippen molar-refractivity contribution in [2.45, 2.75) is 151 Å². The van der Waals surface area contributed by atoms with E-state index in [0.29, 0.717) is 0 Å². The van der Waals surface area contributed by atoms with E-state index in [1.54, 1.807) is 0 Å². The van der Waals surface area contributed by atoms with E-state index in [4.69, 9.17) is 0 Å². The van der Waals surface area contributed by atoms with E-state index >= 15 is 0 Å². The van der Waals surface area contributed by atoms with Gasteiger partial charge in [0.1, 0.15) is 0 Å². The summed E-state index contributed by atoms with van der Waals surface area (Å²) in [5.41, 5.74) is 0. The van der Waals surface area contributed by atoms with Crippen molar-refractivity contribution in [3.63, 3.8) is 0 Å². The van der Waals surface area contributed by atoms with Gasteiger partial charge in [0.25, 0.3) is 0 Å². The van der Waals surface area contributed by atoms with Gasteiger partial charge in [-0.3, -0.25) is 0 Å². The minimum Gasteiger partial charge on any atom is -0.0776 e. The van der Waals surface area contributed by atoms with Crippen LogP contribution in [-0.4, -0.2) is 0 Å². The third-order valence-electron chi connectivity index (χ3n) is 4.50. The second kappa shape index (κ2) is 29.9. The Kier molecular flexibility index (Phi) is 36.2. The fourth-order valence-corrected chi connectivity index (χ4v) is 3.18. The highest BCUT2D eigenvalue weighted by Gasteiger charge is 1.96. The van der Waals surface area contributed by atoms with E-state index in [0.717, 1.165) is 0 Å². The van der Waals surface area contributed by atoms with Crippen LogP contribution in [0.4, 0.5) is 0 Å². The number of hydrogen-bond acceptors (Lipinski definition) is 0. The van der Waals surface area contributed by atoms with Crippen LogP contribution in [0.3, 0.4) is 0 Å². The third-order valence-corrected chi connectivity index (χ3v) is 4.50. The van der Waals surface area contributed by atoms with Gasteiger partial charge in [0.15, 0.2) is 0 Å². The van der Waals surface area contributed by atoms with Crippen molar-refractivity contribution in [1.82, 2.24) is 0 Å². The maximum atomic E-state index is 2.00. The second-order valence-corrected chi connectivity index (χ2v) is 6.36. The largest absolute Gasteiger partial charge is 0.0776 e. The average molecular weight is 329 g/mol. The summed E-state index contributed by atoms with van der Waals surface area (Å²) in [4.78, 5) is 0. The highest BCUT2D eigenvalue weighted by Crippen LogP contribution is 2.16. The highest BCUT2D eigenvalue weighted by molar-refractivity contribution is 4.52. The molecule has 0 heterocycles. The van der Waals surface area contributed by atoms with Crippen molar-refractivity contribution in [2.75, 3.05) is 0 Å². The lowest BCUT2D eigenvalue weighted by atomic mass is 10.0. The third kappa shape index (κ3) is 27.2. The fourth-order valence-electron chi connectivity index (χ4n) is 3.18. The second-order valence-electron chi connectivity index (χ2n) is 6.36. The molecule has 0 radical (unpaired) electrons. The van der Waals surface area contributed by atoms with E-state index in [2.05, 4.69) is 0 Å². The van der Waals surface area contributed by atoms with Crippen LogP contribution in [0.1, 0.15) is 151 Å². The molecule has 3 aliphatic rings. The van der Waals surface area contributed by atoms with Crippen LogP contribution >= 0.6 is 0 Å². The van der Waals surface area contributed by atoms with Gasteiger partial charge >= 0.3 is 0 Å². The van der Waals surface area contributed by atoms with Crippen molar-refractivity contribution in [3.05, 3.63) is 0 Å². The predicted molar refractivity (Wildman–Crippen MR) is 113 cm³/mol. The van der Waals surface area contributed by atoms with E-state index in [1.165, 1.54) is 116 Å². The van der Waals surface area contributed by atoms with Crippen LogP contribution in [0.25, 0.3) is 0 Å². The molecule has 0 spiro atoms. The monoisotopic (exact) mass is 328 g/mol. The molecule has 0 aromatic carbocycles. The summed E-state index contributed by atoms with van der Waals surface area (Å²) in [6.07, 6.45) is 27.0. The Labute approximate surface area is 151 Å². The zero-order valence-corrected chi connectivity index (χ0v) is 16.7. The molecular weight excluding hydrogens is 276 g/mol. The van der Waals surface area contributed by atoms with Gasteiger partial charge < -0.3 is 0 Å². The molecule has 0 amide bonds. The average Bonchev–Trinajstić information content (AvgIpc) is 2.70. The molecule has 0 aliphatic heterocycles. The molecule has 3 aliphatic carbocycles. The molecule has 3 rings (SSSR count). The van der Waals surface area contributed by atoms with Gasteiger partial charge in [0, 0.05) is 0 Å². The molecular formula is C23H52. The first-order chi connectivity index (χ1) is 11.0. The molecule has 0 bridgehead atoms. The normalized spacial score (nSPS) is 19.3. The molecule has 0 N–H and O–H groups in total. The molecule has 0 aromatic rings. The Morgan fingerprint density at radius 2 is 0.261 bits per heavy atom. The number of hydrogen-bond donors (Lipinski definition) is 0. The summed E-state index contributed by atoms with van der Waals surface area (Å²) in [7, 11) is 0. The van der Waals surface area contributed by atoms with Crippen molar-refractivity contribution < 1.29 is 0 Å². The summed E-state index contributed by atoms with van der Waals surface area (Å²) in [5, 5.41) is 0. The molecule has 0 atom stereocenters. The summed E-state index contributed by atoms with van der Waals surface area (Å²) in [6.45, 7) is 8.00. The maximum absolute atomic E-state index is 2.00. The molecule has 0 heteroatoms. The minimum absolute atomic E-state index is 0. The zero-order valence-electron chi connectivity index (χ0n) is 16.7. The van der Waals surface area contributed by atoms with Crippen LogP contribution in [0, 0.1) is 0 Å². The van der Waals surface area contributed by atoms with E-state index in [-0.39, 0.29) is 7.43 Å². The zero-order chi connectivity index (χ0) is 16.7. The Bertz CT molecular complexity index is 75.1. The van der Waals surface area contributed by atoms with Gasteiger partial charge in [0.2, 0.25) is 0 Å². The van der Waals surface area contributed by atoms with Crippen LogP contribution in [0.5, 0.6) is 0 Å². The van der Waals surface area contributed by atoms with Crippen LogP contribution in [-0.2, 0) is 0 Å². The highest BCUT2D eigenvalue weighted by atomic mass is 14.0. The van der Waals surface area contributed by atoms with Gasteiger partial charge in [-0.15, -0.1) is 0 Å². The fraction of sp³-hybridized carbons (Fsp3) is 1.00. The minimum atomic E-state index is 0. The van der Waals surface area contributed by atoms with Crippen LogP contribution in [0.2, 0.25) is 0 Å². The van der Waals surface area contributed by atoms with Crippen LogP contribution in [0.15, 0.2) is 0 Å². The summed E-state index contributed by atoms with van der Waals surface area (Å²) in [5.74, 6) is 0. The predicted octanol–water partition coefficient (Wildman–Crippen LogP) is 9.71. The Morgan fingerprint density at radius 3 is 0.304 bits per heavy atom. The topological polar surface area (TPSA) is 0 Å². The molecule has 0 saturated heterocycles. The van der Waals surface area contributed by atoms with Gasteiger partial charge in [-0.05, 0) is 0 Å². The van der Waals surface area contributed by atoms with Crippen LogP contribution < -0.4 is 0 Å². The van der Waals surface area contributed by atoms with Gasteiger partial charge in [0.05, 0.1) is 0 Å². The van der Waals surface area contributed by atoms with Crippen molar-refractivity contribution in [1.29, 1.82) is 0 Å². The number of rotatable bonds is 0. The Morgan fingerprint density at radius 1 is 0.217 bits per heavy atom. The molecule has 3 fully saturated rings. The first kappa shape index (κ1) is 27.8. The summed E-state index contributed by atoms with van der Waals surface area (Å²) < 4.78 is 0. The van der Waals surface area contributed by atoms with Gasteiger partial charge in [-0.25, -0.2) is 0 Å². The molecule has 23 heavy (non-hydrogen) atoms. The Balaban J connectivity index is -0.000000231. The summed E-state index contributed by atoms with van der Waals surface area (Å²) >= 11 is 0. The summed E-state index contributed by atoms with van der Waals surface area (Å²) in [6, 6.07) is 0. The molecule has 0 unspecified atom stereocenters. The standard InChI is InChI=1S/3C6H12.2C2H6.CH4/c3*1-2-4-6-5-3-1;2*1-2;/h3*1-6H2;2*1-2H3;1H4. The van der Waals surface area contributed by atoms with Gasteiger partial charge in [-0.1, -0.05) is 151 Å². The molecule has 0 aromatic heterocycles. The lowest BCUT2D eigenvalue weighted by Crippen LogP contribution is -1.85. The first-order valence-electron chi connectivity index (χ1n) is 11.0. The Hall–Kier alpha value is 0.